The number of amides is 1. The molecular weight excluding hydrogens is 490 g/mol. The predicted octanol–water partition coefficient (Wildman–Crippen LogP) is 6.62. The minimum absolute atomic E-state index is 0.00144. The van der Waals surface area contributed by atoms with Crippen molar-refractivity contribution in [2.45, 2.75) is 56.5 Å². The quantitative estimate of drug-likeness (QED) is 0.237. The Kier molecular flexibility index (Phi) is 6.44. The van der Waals surface area contributed by atoms with Crippen LogP contribution in [0.5, 0.6) is 0 Å². The molecule has 192 valence electrons. The first-order valence-electron chi connectivity index (χ1n) is 13.3. The highest BCUT2D eigenvalue weighted by Gasteiger charge is 2.44. The molecule has 1 heterocycles. The van der Waals surface area contributed by atoms with Crippen molar-refractivity contribution < 1.29 is 4.79 Å². The highest BCUT2D eigenvalue weighted by atomic mass is 32.2. The van der Waals surface area contributed by atoms with Crippen LogP contribution >= 0.6 is 11.8 Å². The average Bonchev–Trinajstić information content (AvgIpc) is 3.37. The van der Waals surface area contributed by atoms with Crippen molar-refractivity contribution in [1.82, 2.24) is 9.55 Å². The fourth-order valence-corrected chi connectivity index (χ4v) is 6.87. The number of thioether (sulfide) groups is 1. The van der Waals surface area contributed by atoms with Crippen molar-refractivity contribution in [2.75, 3.05) is 11.1 Å². The molecule has 3 aromatic carbocycles. The van der Waals surface area contributed by atoms with Crippen molar-refractivity contribution in [1.29, 1.82) is 0 Å². The lowest BCUT2D eigenvalue weighted by molar-refractivity contribution is -0.113. The number of hydrogen-bond acceptors (Lipinski definition) is 4. The Labute approximate surface area is 227 Å². The maximum atomic E-state index is 14.5. The molecule has 2 aliphatic carbocycles. The molecule has 2 aliphatic rings. The van der Waals surface area contributed by atoms with Crippen molar-refractivity contribution in [3.05, 3.63) is 105 Å². The highest BCUT2D eigenvalue weighted by Crippen LogP contribution is 2.50. The Morgan fingerprint density at radius 3 is 2.50 bits per heavy atom. The number of benzene rings is 3. The number of rotatable bonds is 5. The van der Waals surface area contributed by atoms with Crippen molar-refractivity contribution in [3.63, 3.8) is 0 Å². The molecule has 6 rings (SSSR count). The maximum absolute atomic E-state index is 14.5. The van der Waals surface area contributed by atoms with Gasteiger partial charge in [-0.1, -0.05) is 78.7 Å². The molecule has 4 aromatic rings. The first-order chi connectivity index (χ1) is 18.4. The lowest BCUT2D eigenvalue weighted by Gasteiger charge is -2.36. The molecule has 1 fully saturated rings. The molecule has 0 radical (unpaired) electrons. The summed E-state index contributed by atoms with van der Waals surface area (Å²) in [4.78, 5) is 32.6. The summed E-state index contributed by atoms with van der Waals surface area (Å²) in [5.41, 5.74) is 7.53. The molecule has 1 aromatic heterocycles. The Morgan fingerprint density at radius 2 is 1.74 bits per heavy atom. The van der Waals surface area contributed by atoms with Crippen molar-refractivity contribution in [3.8, 4) is 16.9 Å². The van der Waals surface area contributed by atoms with Gasteiger partial charge in [0, 0.05) is 16.7 Å². The molecule has 0 bridgehead atoms. The van der Waals surface area contributed by atoms with Crippen LogP contribution in [0, 0.1) is 13.8 Å². The van der Waals surface area contributed by atoms with Crippen LogP contribution < -0.4 is 10.9 Å². The van der Waals surface area contributed by atoms with Crippen LogP contribution in [-0.4, -0.2) is 21.2 Å². The Bertz CT molecular complexity index is 1580. The second-order valence-corrected chi connectivity index (χ2v) is 11.6. The van der Waals surface area contributed by atoms with Gasteiger partial charge in [0.2, 0.25) is 5.91 Å². The average molecular weight is 522 g/mol. The molecule has 5 nitrogen and oxygen atoms in total. The number of aromatic nitrogens is 2. The van der Waals surface area contributed by atoms with E-state index >= 15 is 0 Å². The molecule has 6 heteroatoms. The first kappa shape index (κ1) is 24.7. The van der Waals surface area contributed by atoms with Crippen LogP contribution in [0.25, 0.3) is 16.9 Å². The topological polar surface area (TPSA) is 64.0 Å². The number of hydrogen-bond donors (Lipinski definition) is 1. The largest absolute Gasteiger partial charge is 0.325 e. The van der Waals surface area contributed by atoms with E-state index in [0.29, 0.717) is 5.16 Å². The van der Waals surface area contributed by atoms with Gasteiger partial charge in [-0.05, 0) is 68.5 Å². The zero-order valence-electron chi connectivity index (χ0n) is 21.8. The van der Waals surface area contributed by atoms with E-state index < -0.39 is 0 Å². The van der Waals surface area contributed by atoms with E-state index in [1.807, 2.05) is 68.4 Å². The Morgan fingerprint density at radius 1 is 0.974 bits per heavy atom. The van der Waals surface area contributed by atoms with Gasteiger partial charge >= 0.3 is 0 Å². The number of carbonyl (C=O) groups excluding carboxylic acids is 1. The van der Waals surface area contributed by atoms with E-state index in [4.69, 9.17) is 4.98 Å². The van der Waals surface area contributed by atoms with E-state index in [0.717, 1.165) is 71.4 Å². The predicted molar refractivity (Wildman–Crippen MR) is 154 cm³/mol. The SMILES string of the molecule is Cc1ccc(NC(=O)CSc2nc3c(c(=O)n2-c2cccc(C)c2)C2(CCCC2)Cc2ccccc2-3)cc1. The molecular formula is C32H31N3O2S. The molecule has 38 heavy (non-hydrogen) atoms. The first-order valence-corrected chi connectivity index (χ1v) is 14.2. The van der Waals surface area contributed by atoms with E-state index in [1.54, 1.807) is 4.57 Å². The van der Waals surface area contributed by atoms with Gasteiger partial charge in [-0.15, -0.1) is 0 Å². The van der Waals surface area contributed by atoms with Gasteiger partial charge < -0.3 is 5.32 Å². The minimum Gasteiger partial charge on any atom is -0.325 e. The number of aryl methyl sites for hydroxylation is 2. The molecule has 0 atom stereocenters. The zero-order valence-corrected chi connectivity index (χ0v) is 22.6. The van der Waals surface area contributed by atoms with Gasteiger partial charge in [-0.2, -0.15) is 0 Å². The normalized spacial score (nSPS) is 15.2. The van der Waals surface area contributed by atoms with Gasteiger partial charge in [0.05, 0.1) is 22.7 Å². The Hall–Kier alpha value is -3.64. The fraction of sp³-hybridized carbons (Fsp3) is 0.281. The summed E-state index contributed by atoms with van der Waals surface area (Å²) in [7, 11) is 0. The van der Waals surface area contributed by atoms with Gasteiger partial charge in [0.1, 0.15) is 0 Å². The number of anilines is 1. The molecule has 0 unspecified atom stereocenters. The third-order valence-corrected chi connectivity index (χ3v) is 8.81. The lowest BCUT2D eigenvalue weighted by atomic mass is 9.68. The highest BCUT2D eigenvalue weighted by molar-refractivity contribution is 7.99. The summed E-state index contributed by atoms with van der Waals surface area (Å²) in [5, 5.41) is 3.51. The van der Waals surface area contributed by atoms with Crippen LogP contribution in [0.2, 0.25) is 0 Å². The van der Waals surface area contributed by atoms with Crippen molar-refractivity contribution >= 4 is 23.4 Å². The molecule has 0 saturated heterocycles. The van der Waals surface area contributed by atoms with Crippen LogP contribution in [0.4, 0.5) is 5.69 Å². The lowest BCUT2D eigenvalue weighted by Crippen LogP contribution is -2.40. The molecule has 1 amide bonds. The molecule has 1 spiro atoms. The minimum atomic E-state index is -0.175. The maximum Gasteiger partial charge on any atom is 0.263 e. The summed E-state index contributed by atoms with van der Waals surface area (Å²) in [6.07, 6.45) is 5.14. The molecule has 0 aliphatic heterocycles. The second-order valence-electron chi connectivity index (χ2n) is 10.6. The number of nitrogens with zero attached hydrogens (tertiary/aromatic N) is 2. The smallest absolute Gasteiger partial charge is 0.263 e. The third-order valence-electron chi connectivity index (χ3n) is 7.87. The van der Waals surface area contributed by atoms with Gasteiger partial charge in [0.25, 0.3) is 5.56 Å². The summed E-state index contributed by atoms with van der Waals surface area (Å²) >= 11 is 1.31. The monoisotopic (exact) mass is 521 g/mol. The van der Waals surface area contributed by atoms with Gasteiger partial charge in [0.15, 0.2) is 5.16 Å². The molecule has 1 saturated carbocycles. The Balaban J connectivity index is 1.46. The summed E-state index contributed by atoms with van der Waals surface area (Å²) in [5.74, 6) is 0.0202. The molecule has 1 N–H and O–H groups in total. The van der Waals surface area contributed by atoms with Crippen LogP contribution in [0.3, 0.4) is 0 Å². The van der Waals surface area contributed by atoms with Crippen molar-refractivity contribution in [2.24, 2.45) is 0 Å². The summed E-state index contributed by atoms with van der Waals surface area (Å²) in [6, 6.07) is 24.1. The second kappa shape index (κ2) is 9.91. The van der Waals surface area contributed by atoms with Crippen LogP contribution in [0.1, 0.15) is 47.9 Å². The fourth-order valence-electron chi connectivity index (χ4n) is 6.07. The van der Waals surface area contributed by atoms with Crippen LogP contribution in [-0.2, 0) is 16.6 Å². The number of nitrogens with one attached hydrogen (secondary N) is 1. The van der Waals surface area contributed by atoms with Gasteiger partial charge in [-0.25, -0.2) is 4.98 Å². The van der Waals surface area contributed by atoms with Gasteiger partial charge in [-0.3, -0.25) is 14.2 Å². The van der Waals surface area contributed by atoms with E-state index in [1.165, 1.54) is 17.3 Å². The third kappa shape index (κ3) is 4.47. The zero-order chi connectivity index (χ0) is 26.3. The van der Waals surface area contributed by atoms with E-state index in [9.17, 15) is 9.59 Å². The van der Waals surface area contributed by atoms with Crippen LogP contribution in [0.15, 0.2) is 82.7 Å². The summed E-state index contributed by atoms with van der Waals surface area (Å²) in [6.45, 7) is 4.04. The number of carbonyl (C=O) groups is 1. The van der Waals surface area contributed by atoms with E-state index in [-0.39, 0.29) is 22.6 Å². The van der Waals surface area contributed by atoms with E-state index in [2.05, 4.69) is 23.5 Å². The standard InChI is InChI=1S/C32H31N3O2S/c1-21-12-14-24(15-13-21)33-27(36)20-38-31-34-29-26-11-4-3-9-23(26)19-32(16-5-6-17-32)28(29)30(37)35(31)25-10-7-8-22(2)18-25/h3-4,7-15,18H,5-6,16-17,19-20H2,1-2H3,(H,33,36). The number of fused-ring (bicyclic) bond motifs is 4. The summed E-state index contributed by atoms with van der Waals surface area (Å²) < 4.78 is 1.74.